The predicted octanol–water partition coefficient (Wildman–Crippen LogP) is 3.30. The summed E-state index contributed by atoms with van der Waals surface area (Å²) in [6, 6.07) is 13.4. The Kier molecular flexibility index (Phi) is 6.12. The Balaban J connectivity index is 2.27. The van der Waals surface area contributed by atoms with Crippen LogP contribution in [0.15, 0.2) is 48.0 Å². The van der Waals surface area contributed by atoms with E-state index in [1.807, 2.05) is 19.1 Å². The number of aryl methyl sites for hydroxylation is 1. The number of esters is 2. The van der Waals surface area contributed by atoms with Gasteiger partial charge in [-0.3, -0.25) is 0 Å². The van der Waals surface area contributed by atoms with Crippen molar-refractivity contribution in [1.29, 1.82) is 5.26 Å². The van der Waals surface area contributed by atoms with Crippen molar-refractivity contribution in [3.63, 3.8) is 0 Å². The lowest BCUT2D eigenvalue weighted by Crippen LogP contribution is -2.09. The van der Waals surface area contributed by atoms with Crippen molar-refractivity contribution < 1.29 is 23.8 Å². The summed E-state index contributed by atoms with van der Waals surface area (Å²) in [7, 11) is 2.62. The number of carbonyl (C=O) groups excluding carboxylic acids is 2. The van der Waals surface area contributed by atoms with Crippen LogP contribution in [0.4, 0.5) is 0 Å². The second-order valence-electron chi connectivity index (χ2n) is 5.33. The molecular weight excluding hydrogens is 334 g/mol. The van der Waals surface area contributed by atoms with Gasteiger partial charge in [-0.1, -0.05) is 23.8 Å². The molecule has 2 aromatic rings. The molecule has 0 saturated carbocycles. The largest absolute Gasteiger partial charge is 0.493 e. The van der Waals surface area contributed by atoms with Gasteiger partial charge >= 0.3 is 11.9 Å². The van der Waals surface area contributed by atoms with E-state index in [2.05, 4.69) is 4.74 Å². The van der Waals surface area contributed by atoms with E-state index in [0.29, 0.717) is 16.9 Å². The van der Waals surface area contributed by atoms with Crippen molar-refractivity contribution in [1.82, 2.24) is 0 Å². The van der Waals surface area contributed by atoms with Crippen LogP contribution in [-0.2, 0) is 9.53 Å². The van der Waals surface area contributed by atoms with Crippen LogP contribution in [0.25, 0.3) is 6.08 Å². The van der Waals surface area contributed by atoms with Gasteiger partial charge in [0.1, 0.15) is 11.6 Å². The number of hydrogen-bond donors (Lipinski definition) is 0. The first-order chi connectivity index (χ1) is 12.5. The number of hydrogen-bond acceptors (Lipinski definition) is 6. The molecule has 0 spiro atoms. The number of benzene rings is 2. The quantitative estimate of drug-likeness (QED) is 0.356. The second-order valence-corrected chi connectivity index (χ2v) is 5.33. The molecule has 0 aliphatic heterocycles. The lowest BCUT2D eigenvalue weighted by Gasteiger charge is -2.10. The van der Waals surface area contributed by atoms with E-state index in [0.717, 1.165) is 5.56 Å². The number of ether oxygens (including phenoxy) is 3. The van der Waals surface area contributed by atoms with Crippen molar-refractivity contribution >= 4 is 18.0 Å². The summed E-state index contributed by atoms with van der Waals surface area (Å²) in [6.07, 6.45) is 1.36. The molecule has 0 heterocycles. The highest BCUT2D eigenvalue weighted by Crippen LogP contribution is 2.29. The zero-order valence-corrected chi connectivity index (χ0v) is 14.6. The van der Waals surface area contributed by atoms with Crippen LogP contribution < -0.4 is 9.47 Å². The number of carbonyl (C=O) groups is 2. The molecule has 0 N–H and O–H groups in total. The van der Waals surface area contributed by atoms with Crippen LogP contribution in [0.2, 0.25) is 0 Å². The van der Waals surface area contributed by atoms with E-state index in [9.17, 15) is 9.59 Å². The lowest BCUT2D eigenvalue weighted by molar-refractivity contribution is -0.135. The molecule has 2 rings (SSSR count). The minimum Gasteiger partial charge on any atom is -0.493 e. The van der Waals surface area contributed by atoms with Crippen LogP contribution in [0, 0.1) is 18.3 Å². The third-order valence-electron chi connectivity index (χ3n) is 3.51. The van der Waals surface area contributed by atoms with Crippen molar-refractivity contribution in [2.75, 3.05) is 14.2 Å². The zero-order valence-electron chi connectivity index (χ0n) is 14.6. The Hall–Kier alpha value is -3.59. The van der Waals surface area contributed by atoms with E-state index in [4.69, 9.17) is 14.7 Å². The molecule has 0 amide bonds. The molecule has 0 atom stereocenters. The third kappa shape index (κ3) is 4.48. The smallest absolute Gasteiger partial charge is 0.348 e. The highest BCUT2D eigenvalue weighted by atomic mass is 16.6. The molecule has 2 aromatic carbocycles. The highest BCUT2D eigenvalue weighted by Gasteiger charge is 2.14. The maximum Gasteiger partial charge on any atom is 0.348 e. The molecule has 0 unspecified atom stereocenters. The van der Waals surface area contributed by atoms with Gasteiger partial charge in [0, 0.05) is 0 Å². The summed E-state index contributed by atoms with van der Waals surface area (Å²) in [5.74, 6) is -0.728. The van der Waals surface area contributed by atoms with Gasteiger partial charge in [-0.25, -0.2) is 9.59 Å². The summed E-state index contributed by atoms with van der Waals surface area (Å²) >= 11 is 0. The molecule has 0 radical (unpaired) electrons. The molecule has 26 heavy (non-hydrogen) atoms. The van der Waals surface area contributed by atoms with E-state index in [-0.39, 0.29) is 11.3 Å². The Morgan fingerprint density at radius 3 is 2.31 bits per heavy atom. The Bertz CT molecular complexity index is 891. The van der Waals surface area contributed by atoms with Gasteiger partial charge in [0.25, 0.3) is 0 Å². The van der Waals surface area contributed by atoms with Crippen molar-refractivity contribution in [3.05, 3.63) is 64.7 Å². The van der Waals surface area contributed by atoms with E-state index < -0.39 is 11.9 Å². The molecule has 0 aromatic heterocycles. The number of nitrogens with zero attached hydrogens (tertiary/aromatic N) is 1. The minimum atomic E-state index is -0.735. The average molecular weight is 351 g/mol. The number of rotatable bonds is 5. The van der Waals surface area contributed by atoms with Gasteiger partial charge in [0.15, 0.2) is 11.5 Å². The normalized spacial score (nSPS) is 10.6. The summed E-state index contributed by atoms with van der Waals surface area (Å²) < 4.78 is 15.1. The first-order valence-corrected chi connectivity index (χ1v) is 7.65. The summed E-state index contributed by atoms with van der Waals surface area (Å²) in [5, 5.41) is 9.01. The number of nitriles is 1. The summed E-state index contributed by atoms with van der Waals surface area (Å²) in [4.78, 5) is 23.7. The zero-order chi connectivity index (χ0) is 19.1. The first-order valence-electron chi connectivity index (χ1n) is 7.65. The molecule has 0 saturated heterocycles. The van der Waals surface area contributed by atoms with Crippen LogP contribution >= 0.6 is 0 Å². The third-order valence-corrected chi connectivity index (χ3v) is 3.51. The Morgan fingerprint density at radius 2 is 1.73 bits per heavy atom. The molecule has 0 fully saturated rings. The fraction of sp³-hybridized carbons (Fsp3) is 0.150. The van der Waals surface area contributed by atoms with Crippen LogP contribution in [-0.4, -0.2) is 26.2 Å². The average Bonchev–Trinajstić information content (AvgIpc) is 2.66. The fourth-order valence-electron chi connectivity index (χ4n) is 2.12. The molecular formula is C20H17NO5. The molecule has 6 heteroatoms. The SMILES string of the molecule is COC(=O)/C(C#N)=C/c1ccc(OC(=O)c2ccc(C)cc2)c(OC)c1. The van der Waals surface area contributed by atoms with Gasteiger partial charge in [-0.2, -0.15) is 5.26 Å². The van der Waals surface area contributed by atoms with Crippen LogP contribution in [0.5, 0.6) is 11.5 Å². The van der Waals surface area contributed by atoms with Crippen LogP contribution in [0.1, 0.15) is 21.5 Å². The van der Waals surface area contributed by atoms with Gasteiger partial charge in [0.2, 0.25) is 0 Å². The van der Waals surface area contributed by atoms with E-state index >= 15 is 0 Å². The molecule has 0 aliphatic rings. The van der Waals surface area contributed by atoms with Crippen LogP contribution in [0.3, 0.4) is 0 Å². The number of methoxy groups -OCH3 is 2. The molecule has 6 nitrogen and oxygen atoms in total. The second kappa shape index (κ2) is 8.49. The molecule has 0 bridgehead atoms. The Labute approximate surface area is 151 Å². The fourth-order valence-corrected chi connectivity index (χ4v) is 2.12. The van der Waals surface area contributed by atoms with Crippen molar-refractivity contribution in [2.45, 2.75) is 6.92 Å². The molecule has 132 valence electrons. The standard InChI is InChI=1S/C20H17NO5/c1-13-4-7-15(8-5-13)20(23)26-17-9-6-14(11-18(17)24-2)10-16(12-21)19(22)25-3/h4-11H,1-3H3/b16-10+. The van der Waals surface area contributed by atoms with Gasteiger partial charge in [0.05, 0.1) is 19.8 Å². The van der Waals surface area contributed by atoms with E-state index in [1.54, 1.807) is 30.3 Å². The Morgan fingerprint density at radius 1 is 1.04 bits per heavy atom. The molecule has 0 aliphatic carbocycles. The van der Waals surface area contributed by atoms with Crippen molar-refractivity contribution in [3.8, 4) is 17.6 Å². The van der Waals surface area contributed by atoms with E-state index in [1.165, 1.54) is 26.4 Å². The highest BCUT2D eigenvalue weighted by molar-refractivity contribution is 5.98. The monoisotopic (exact) mass is 351 g/mol. The summed E-state index contributed by atoms with van der Waals surface area (Å²) in [6.45, 7) is 1.92. The topological polar surface area (TPSA) is 85.6 Å². The first kappa shape index (κ1) is 18.7. The van der Waals surface area contributed by atoms with Gasteiger partial charge < -0.3 is 14.2 Å². The minimum absolute atomic E-state index is 0.154. The lowest BCUT2D eigenvalue weighted by atomic mass is 10.1. The predicted molar refractivity (Wildman–Crippen MR) is 94.7 cm³/mol. The van der Waals surface area contributed by atoms with Gasteiger partial charge in [-0.05, 0) is 42.8 Å². The summed E-state index contributed by atoms with van der Waals surface area (Å²) in [5.41, 5.74) is 1.83. The van der Waals surface area contributed by atoms with Crippen molar-refractivity contribution in [2.24, 2.45) is 0 Å². The maximum absolute atomic E-state index is 12.2. The maximum atomic E-state index is 12.2. The van der Waals surface area contributed by atoms with Gasteiger partial charge in [-0.15, -0.1) is 0 Å².